The molecule has 3 rings (SSSR count). The Bertz CT molecular complexity index is 583. The lowest BCUT2D eigenvalue weighted by atomic mass is 9.77. The van der Waals surface area contributed by atoms with Crippen molar-refractivity contribution in [3.63, 3.8) is 0 Å². The first-order valence-corrected chi connectivity index (χ1v) is 7.03. The highest BCUT2D eigenvalue weighted by molar-refractivity contribution is 5.43. The summed E-state index contributed by atoms with van der Waals surface area (Å²) in [4.78, 5) is 0. The zero-order valence-corrected chi connectivity index (χ0v) is 11.3. The van der Waals surface area contributed by atoms with Crippen molar-refractivity contribution in [3.05, 3.63) is 59.7 Å². The molecule has 0 unspecified atom stereocenters. The molecule has 1 heterocycles. The van der Waals surface area contributed by atoms with E-state index in [0.717, 1.165) is 25.1 Å². The Morgan fingerprint density at radius 2 is 1.65 bits per heavy atom. The number of phenolic OH excluding ortho intramolecular Hbond substituents is 2. The topological polar surface area (TPSA) is 52.5 Å². The SMILES string of the molecule is Oc1ccc([C@@H]2CNCC[C@@H]2c2ccccc2)cc1O. The summed E-state index contributed by atoms with van der Waals surface area (Å²) in [6, 6.07) is 15.7. The molecule has 2 atom stereocenters. The van der Waals surface area contributed by atoms with Crippen molar-refractivity contribution in [2.75, 3.05) is 13.1 Å². The Balaban J connectivity index is 1.94. The molecule has 0 aromatic heterocycles. The molecule has 0 radical (unpaired) electrons. The van der Waals surface area contributed by atoms with Crippen LogP contribution >= 0.6 is 0 Å². The van der Waals surface area contributed by atoms with Crippen LogP contribution < -0.4 is 5.32 Å². The van der Waals surface area contributed by atoms with Gasteiger partial charge in [-0.05, 0) is 42.1 Å². The van der Waals surface area contributed by atoms with Gasteiger partial charge in [0.15, 0.2) is 11.5 Å². The average Bonchev–Trinajstić information content (AvgIpc) is 2.51. The van der Waals surface area contributed by atoms with Gasteiger partial charge in [0, 0.05) is 12.5 Å². The van der Waals surface area contributed by atoms with E-state index in [-0.39, 0.29) is 11.5 Å². The van der Waals surface area contributed by atoms with Gasteiger partial charge in [-0.1, -0.05) is 36.4 Å². The van der Waals surface area contributed by atoms with Crippen LogP contribution in [0, 0.1) is 0 Å². The summed E-state index contributed by atoms with van der Waals surface area (Å²) in [5.41, 5.74) is 2.41. The van der Waals surface area contributed by atoms with Gasteiger partial charge in [-0.25, -0.2) is 0 Å². The van der Waals surface area contributed by atoms with E-state index in [1.54, 1.807) is 12.1 Å². The fraction of sp³-hybridized carbons (Fsp3) is 0.294. The normalized spacial score (nSPS) is 22.6. The van der Waals surface area contributed by atoms with Crippen molar-refractivity contribution in [3.8, 4) is 11.5 Å². The molecular weight excluding hydrogens is 250 g/mol. The fourth-order valence-corrected chi connectivity index (χ4v) is 3.08. The summed E-state index contributed by atoms with van der Waals surface area (Å²) < 4.78 is 0. The van der Waals surface area contributed by atoms with Crippen molar-refractivity contribution in [2.24, 2.45) is 0 Å². The van der Waals surface area contributed by atoms with Crippen LogP contribution in [-0.2, 0) is 0 Å². The molecule has 0 bridgehead atoms. The second kappa shape index (κ2) is 5.55. The summed E-state index contributed by atoms with van der Waals surface area (Å²) in [5.74, 6) is 0.660. The van der Waals surface area contributed by atoms with E-state index in [4.69, 9.17) is 0 Å². The summed E-state index contributed by atoms with van der Waals surface area (Å²) in [7, 11) is 0. The molecule has 0 spiro atoms. The molecule has 0 saturated carbocycles. The maximum absolute atomic E-state index is 9.72. The standard InChI is InChI=1S/C17H19NO2/c19-16-7-6-13(10-17(16)20)15-11-18-9-8-14(15)12-4-2-1-3-5-12/h1-7,10,14-15,18-20H,8-9,11H2/t14-,15+/m1/s1. The van der Waals surface area contributed by atoms with Crippen LogP contribution in [-0.4, -0.2) is 23.3 Å². The van der Waals surface area contributed by atoms with Crippen LogP contribution in [0.3, 0.4) is 0 Å². The smallest absolute Gasteiger partial charge is 0.157 e. The minimum atomic E-state index is -0.0613. The lowest BCUT2D eigenvalue weighted by Gasteiger charge is -2.33. The van der Waals surface area contributed by atoms with Crippen molar-refractivity contribution in [2.45, 2.75) is 18.3 Å². The molecule has 1 fully saturated rings. The van der Waals surface area contributed by atoms with Gasteiger partial charge in [-0.2, -0.15) is 0 Å². The Kier molecular flexibility index (Phi) is 3.61. The fourth-order valence-electron chi connectivity index (χ4n) is 3.08. The van der Waals surface area contributed by atoms with E-state index in [2.05, 4.69) is 29.6 Å². The maximum Gasteiger partial charge on any atom is 0.157 e. The van der Waals surface area contributed by atoms with Crippen LogP contribution in [0.25, 0.3) is 0 Å². The number of piperidine rings is 1. The number of hydrogen-bond donors (Lipinski definition) is 3. The second-order valence-corrected chi connectivity index (χ2v) is 5.36. The summed E-state index contributed by atoms with van der Waals surface area (Å²) >= 11 is 0. The summed E-state index contributed by atoms with van der Waals surface area (Å²) in [6.07, 6.45) is 1.08. The molecule has 3 nitrogen and oxygen atoms in total. The van der Waals surface area contributed by atoms with Gasteiger partial charge in [0.05, 0.1) is 0 Å². The highest BCUT2D eigenvalue weighted by atomic mass is 16.3. The predicted octanol–water partition coefficient (Wildman–Crippen LogP) is 2.96. The second-order valence-electron chi connectivity index (χ2n) is 5.36. The summed E-state index contributed by atoms with van der Waals surface area (Å²) in [6.45, 7) is 1.91. The Hall–Kier alpha value is -2.00. The molecule has 1 saturated heterocycles. The molecule has 0 aliphatic carbocycles. The molecule has 3 heteroatoms. The van der Waals surface area contributed by atoms with Gasteiger partial charge < -0.3 is 15.5 Å². The van der Waals surface area contributed by atoms with E-state index >= 15 is 0 Å². The van der Waals surface area contributed by atoms with Crippen LogP contribution in [0.5, 0.6) is 11.5 Å². The first kappa shape index (κ1) is 13.0. The number of aromatic hydroxyl groups is 2. The first-order chi connectivity index (χ1) is 9.75. The monoisotopic (exact) mass is 269 g/mol. The quantitative estimate of drug-likeness (QED) is 0.735. The molecular formula is C17H19NO2. The van der Waals surface area contributed by atoms with E-state index in [0.29, 0.717) is 11.8 Å². The van der Waals surface area contributed by atoms with Gasteiger partial charge in [0.25, 0.3) is 0 Å². The zero-order valence-electron chi connectivity index (χ0n) is 11.3. The van der Waals surface area contributed by atoms with Crippen molar-refractivity contribution < 1.29 is 10.2 Å². The predicted molar refractivity (Wildman–Crippen MR) is 79.2 cm³/mol. The number of phenols is 2. The highest BCUT2D eigenvalue weighted by Crippen LogP contribution is 2.39. The van der Waals surface area contributed by atoms with E-state index in [1.165, 1.54) is 5.56 Å². The number of hydrogen-bond acceptors (Lipinski definition) is 3. The summed E-state index contributed by atoms with van der Waals surface area (Å²) in [5, 5.41) is 22.6. The molecule has 2 aromatic rings. The molecule has 1 aliphatic rings. The first-order valence-electron chi connectivity index (χ1n) is 7.03. The molecule has 2 aromatic carbocycles. The molecule has 1 aliphatic heterocycles. The lowest BCUT2D eigenvalue weighted by molar-refractivity contribution is 0.390. The molecule has 3 N–H and O–H groups in total. The maximum atomic E-state index is 9.72. The molecule has 0 amide bonds. The van der Waals surface area contributed by atoms with E-state index in [9.17, 15) is 10.2 Å². The molecule has 20 heavy (non-hydrogen) atoms. The van der Waals surface area contributed by atoms with E-state index < -0.39 is 0 Å². The lowest BCUT2D eigenvalue weighted by Crippen LogP contribution is -2.33. The van der Waals surface area contributed by atoms with E-state index in [1.807, 2.05) is 12.1 Å². The average molecular weight is 269 g/mol. The number of benzene rings is 2. The van der Waals surface area contributed by atoms with Crippen molar-refractivity contribution in [1.82, 2.24) is 5.32 Å². The van der Waals surface area contributed by atoms with Gasteiger partial charge >= 0.3 is 0 Å². The van der Waals surface area contributed by atoms with Crippen LogP contribution in [0.15, 0.2) is 48.5 Å². The zero-order chi connectivity index (χ0) is 13.9. The van der Waals surface area contributed by atoms with Gasteiger partial charge in [-0.3, -0.25) is 0 Å². The Morgan fingerprint density at radius 3 is 2.40 bits per heavy atom. The van der Waals surface area contributed by atoms with Crippen LogP contribution in [0.4, 0.5) is 0 Å². The van der Waals surface area contributed by atoms with Gasteiger partial charge in [0.1, 0.15) is 0 Å². The highest BCUT2D eigenvalue weighted by Gasteiger charge is 2.28. The minimum absolute atomic E-state index is 0.0418. The van der Waals surface area contributed by atoms with Crippen molar-refractivity contribution in [1.29, 1.82) is 0 Å². The third-order valence-electron chi connectivity index (χ3n) is 4.14. The number of rotatable bonds is 2. The largest absolute Gasteiger partial charge is 0.504 e. The Labute approximate surface area is 118 Å². The van der Waals surface area contributed by atoms with Gasteiger partial charge in [0.2, 0.25) is 0 Å². The van der Waals surface area contributed by atoms with Crippen LogP contribution in [0.1, 0.15) is 29.4 Å². The van der Waals surface area contributed by atoms with Gasteiger partial charge in [-0.15, -0.1) is 0 Å². The van der Waals surface area contributed by atoms with Crippen molar-refractivity contribution >= 4 is 0 Å². The third-order valence-corrected chi connectivity index (χ3v) is 4.14. The molecule has 104 valence electrons. The Morgan fingerprint density at radius 1 is 0.850 bits per heavy atom. The third kappa shape index (κ3) is 2.49. The minimum Gasteiger partial charge on any atom is -0.504 e. The van der Waals surface area contributed by atoms with Crippen LogP contribution in [0.2, 0.25) is 0 Å². The number of nitrogens with one attached hydrogen (secondary N) is 1.